The van der Waals surface area contributed by atoms with Crippen LogP contribution in [0.3, 0.4) is 0 Å². The molecule has 112 valence electrons. The van der Waals surface area contributed by atoms with E-state index in [-0.39, 0.29) is 6.61 Å². The first-order valence-electron chi connectivity index (χ1n) is 6.55. The third-order valence-corrected chi connectivity index (χ3v) is 5.10. The molecule has 0 spiro atoms. The summed E-state index contributed by atoms with van der Waals surface area (Å²) in [5.41, 5.74) is 1.18. The van der Waals surface area contributed by atoms with E-state index < -0.39 is 32.4 Å². The Hall–Kier alpha value is -1.16. The maximum absolute atomic E-state index is 10.5. The van der Waals surface area contributed by atoms with Gasteiger partial charge in [0.1, 0.15) is 0 Å². The molecule has 0 aliphatic carbocycles. The van der Waals surface area contributed by atoms with Crippen LogP contribution in [-0.4, -0.2) is 62.0 Å². The second-order valence-corrected chi connectivity index (χ2v) is 7.55. The molecular formula is C10H14BN4O5P. The molecule has 0 bridgehead atoms. The molecule has 0 aromatic carbocycles. The summed E-state index contributed by atoms with van der Waals surface area (Å²) >= 11 is 0. The number of aromatic nitrogens is 4. The number of rotatable bonds is 1. The van der Waals surface area contributed by atoms with Crippen LogP contribution < -0.4 is 0 Å². The van der Waals surface area contributed by atoms with E-state index in [2.05, 4.69) is 15.0 Å². The van der Waals surface area contributed by atoms with Crippen LogP contribution in [-0.2, 0) is 13.8 Å². The summed E-state index contributed by atoms with van der Waals surface area (Å²) in [7, 11) is -1.66. The van der Waals surface area contributed by atoms with Gasteiger partial charge in [-0.2, -0.15) is 0 Å². The number of hydrogen-bond acceptors (Lipinski definition) is 8. The molecule has 4 atom stereocenters. The molecule has 4 heterocycles. The van der Waals surface area contributed by atoms with Crippen molar-refractivity contribution in [3.8, 4) is 0 Å². The van der Waals surface area contributed by atoms with Crippen molar-refractivity contribution in [2.24, 2.45) is 0 Å². The van der Waals surface area contributed by atoms with Gasteiger partial charge in [0, 0.05) is 0 Å². The molecule has 9 nitrogen and oxygen atoms in total. The molecule has 11 heteroatoms. The van der Waals surface area contributed by atoms with Gasteiger partial charge in [0.2, 0.25) is 0 Å². The fourth-order valence-electron chi connectivity index (χ4n) is 2.72. The van der Waals surface area contributed by atoms with E-state index in [1.807, 2.05) is 0 Å². The Morgan fingerprint density at radius 2 is 2.29 bits per heavy atom. The number of imidazole rings is 1. The van der Waals surface area contributed by atoms with Crippen LogP contribution in [0.1, 0.15) is 6.23 Å². The van der Waals surface area contributed by atoms with Gasteiger partial charge in [-0.1, -0.05) is 0 Å². The Labute approximate surface area is 120 Å². The van der Waals surface area contributed by atoms with Gasteiger partial charge < -0.3 is 0 Å². The Morgan fingerprint density at radius 1 is 1.43 bits per heavy atom. The van der Waals surface area contributed by atoms with Gasteiger partial charge >= 0.3 is 120 Å². The first-order valence-corrected chi connectivity index (χ1v) is 8.82. The molecule has 2 aliphatic heterocycles. The maximum atomic E-state index is 10.5. The molecule has 2 N–H and O–H groups in total. The molecule has 21 heavy (non-hydrogen) atoms. The first kappa shape index (κ1) is 13.5. The zero-order chi connectivity index (χ0) is 14.6. The zero-order valence-electron chi connectivity index (χ0n) is 11.2. The predicted molar refractivity (Wildman–Crippen MR) is 75.1 cm³/mol. The average Bonchev–Trinajstić information content (AvgIpc) is 3.00. The van der Waals surface area contributed by atoms with Crippen molar-refractivity contribution in [1.29, 1.82) is 0 Å². The van der Waals surface area contributed by atoms with Crippen LogP contribution in [0.4, 0.5) is 0 Å². The summed E-state index contributed by atoms with van der Waals surface area (Å²) in [5, 5.41) is 10.5. The number of aliphatic hydroxyl groups excluding tert-OH is 1. The average molecular weight is 312 g/mol. The summed E-state index contributed by atoms with van der Waals surface area (Å²) < 4.78 is 18.2. The van der Waals surface area contributed by atoms with Crippen molar-refractivity contribution >= 4 is 26.6 Å². The summed E-state index contributed by atoms with van der Waals surface area (Å²) in [5.74, 6) is 0. The monoisotopic (exact) mass is 312 g/mol. The summed E-state index contributed by atoms with van der Waals surface area (Å²) in [6.45, 7) is 0.194. The van der Waals surface area contributed by atoms with Gasteiger partial charge in [-0.15, -0.1) is 0 Å². The fourth-order valence-corrected chi connectivity index (χ4v) is 4.06. The van der Waals surface area contributed by atoms with Gasteiger partial charge in [0.15, 0.2) is 0 Å². The van der Waals surface area contributed by atoms with Crippen molar-refractivity contribution in [1.82, 2.24) is 19.5 Å². The normalized spacial score (nSPS) is 36.5. The standard InChI is InChI=1S/C10H14BN4O5P/c11-21(17)18-2-6-8(20-21)7(16)10(19-6)15-4-14-5-1-12-3-13-9(5)15/h1,3-4,6-8,10,16-17,21H,2,11H2/t6-,7?,8-,10-/m1/s1. The van der Waals surface area contributed by atoms with E-state index in [0.717, 1.165) is 0 Å². The molecule has 4 rings (SSSR count). The Balaban J connectivity index is 1.68. The zero-order valence-corrected chi connectivity index (χ0v) is 12.2. The second kappa shape index (κ2) is 4.67. The van der Waals surface area contributed by atoms with E-state index in [0.29, 0.717) is 11.2 Å². The Bertz CT molecular complexity index is 684. The summed E-state index contributed by atoms with van der Waals surface area (Å²) in [4.78, 5) is 22.1. The third-order valence-electron chi connectivity index (χ3n) is 3.69. The molecule has 0 amide bonds. The topological polar surface area (TPSA) is 112 Å². The van der Waals surface area contributed by atoms with Crippen LogP contribution in [0.5, 0.6) is 0 Å². The van der Waals surface area contributed by atoms with Gasteiger partial charge in [0.05, 0.1) is 0 Å². The van der Waals surface area contributed by atoms with Gasteiger partial charge in [-0.25, -0.2) is 0 Å². The minimum atomic E-state index is -3.18. The number of aliphatic hydroxyl groups is 1. The van der Waals surface area contributed by atoms with E-state index in [1.54, 1.807) is 17.1 Å². The van der Waals surface area contributed by atoms with Crippen LogP contribution in [0.15, 0.2) is 18.9 Å². The van der Waals surface area contributed by atoms with Gasteiger partial charge in [-0.05, 0) is 0 Å². The number of fused-ring (bicyclic) bond motifs is 2. The Morgan fingerprint density at radius 3 is 3.14 bits per heavy atom. The summed E-state index contributed by atoms with van der Waals surface area (Å²) in [6, 6.07) is 0. The van der Waals surface area contributed by atoms with Crippen molar-refractivity contribution in [2.45, 2.75) is 24.5 Å². The Kier molecular flexibility index (Phi) is 3.00. The molecule has 2 aromatic heterocycles. The van der Waals surface area contributed by atoms with E-state index in [1.165, 1.54) is 13.9 Å². The fraction of sp³-hybridized carbons (Fsp3) is 0.500. The molecule has 0 radical (unpaired) electrons. The van der Waals surface area contributed by atoms with Gasteiger partial charge in [0.25, 0.3) is 0 Å². The number of ether oxygens (including phenoxy) is 1. The van der Waals surface area contributed by atoms with Crippen molar-refractivity contribution in [3.05, 3.63) is 18.9 Å². The van der Waals surface area contributed by atoms with Crippen LogP contribution in [0.25, 0.3) is 11.2 Å². The molecule has 2 saturated heterocycles. The van der Waals surface area contributed by atoms with Crippen molar-refractivity contribution in [3.63, 3.8) is 0 Å². The van der Waals surface area contributed by atoms with E-state index >= 15 is 0 Å². The number of nitrogens with zero attached hydrogens (tertiary/aromatic N) is 4. The predicted octanol–water partition coefficient (Wildman–Crippen LogP) is -1.46. The van der Waals surface area contributed by atoms with E-state index in [4.69, 9.17) is 13.8 Å². The molecule has 0 saturated carbocycles. The molecule has 2 aliphatic rings. The van der Waals surface area contributed by atoms with Crippen LogP contribution >= 0.6 is 7.82 Å². The quantitative estimate of drug-likeness (QED) is 0.485. The molecular weight excluding hydrogens is 298 g/mol. The third kappa shape index (κ3) is 2.15. The number of hydrogen-bond donors (Lipinski definition) is 2. The second-order valence-electron chi connectivity index (χ2n) is 5.23. The molecule has 1 unspecified atom stereocenters. The van der Waals surface area contributed by atoms with Crippen LogP contribution in [0, 0.1) is 0 Å². The van der Waals surface area contributed by atoms with E-state index in [9.17, 15) is 10.00 Å². The summed E-state index contributed by atoms with van der Waals surface area (Å²) in [6.07, 6.45) is 1.86. The molecule has 2 aromatic rings. The molecule has 2 fully saturated rings. The van der Waals surface area contributed by atoms with Crippen molar-refractivity contribution in [2.75, 3.05) is 6.61 Å². The van der Waals surface area contributed by atoms with Crippen molar-refractivity contribution < 1.29 is 23.8 Å². The van der Waals surface area contributed by atoms with Gasteiger partial charge in [-0.3, -0.25) is 0 Å². The first-order chi connectivity index (χ1) is 10.1. The van der Waals surface area contributed by atoms with Crippen LogP contribution in [0.2, 0.25) is 0 Å². The SMILES string of the molecule is B[PH]1(O)OC[C@H]2O[C@@H](n3cnc4cncnc43)C(O)[C@@H]2O1. The minimum absolute atomic E-state index is 0.194.